The van der Waals surface area contributed by atoms with Crippen LogP contribution in [-0.4, -0.2) is 21.0 Å². The summed E-state index contributed by atoms with van der Waals surface area (Å²) in [4.78, 5) is 0. The molecule has 0 aliphatic rings. The highest BCUT2D eigenvalue weighted by molar-refractivity contribution is 6.30. The molecule has 1 N–H and O–H groups in total. The molecule has 0 radical (unpaired) electrons. The maximum absolute atomic E-state index is 13.8. The average molecular weight is 297 g/mol. The summed E-state index contributed by atoms with van der Waals surface area (Å²) < 4.78 is 15.6. The molecule has 0 amide bonds. The predicted octanol–water partition coefficient (Wildman–Crippen LogP) is 3.15. The van der Waals surface area contributed by atoms with Crippen LogP contribution in [-0.2, 0) is 19.4 Å². The van der Waals surface area contributed by atoms with Crippen LogP contribution >= 0.6 is 11.6 Å². The molecule has 20 heavy (non-hydrogen) atoms. The average Bonchev–Trinajstić information content (AvgIpc) is 2.75. The standard InChI is InChI=1S/C15H18ClFN2O/c1-3-19-12(7-10(2)18-19)9-13(20)8-11-5-4-6-14(16)15(11)17/h4-7,13,20H,3,8-9H2,1-2H3. The molecule has 3 nitrogen and oxygen atoms in total. The zero-order valence-corrected chi connectivity index (χ0v) is 12.4. The lowest BCUT2D eigenvalue weighted by molar-refractivity contribution is 0.171. The van der Waals surface area contributed by atoms with E-state index in [-0.39, 0.29) is 11.4 Å². The topological polar surface area (TPSA) is 38.0 Å². The number of benzene rings is 1. The summed E-state index contributed by atoms with van der Waals surface area (Å²) >= 11 is 5.74. The lowest BCUT2D eigenvalue weighted by Crippen LogP contribution is -2.17. The van der Waals surface area contributed by atoms with Gasteiger partial charge in [0.1, 0.15) is 5.82 Å². The van der Waals surface area contributed by atoms with Crippen LogP contribution in [0.1, 0.15) is 23.9 Å². The van der Waals surface area contributed by atoms with Gasteiger partial charge in [-0.05, 0) is 31.5 Å². The largest absolute Gasteiger partial charge is 0.392 e. The Balaban J connectivity index is 2.09. The third-order valence-electron chi connectivity index (χ3n) is 3.22. The summed E-state index contributed by atoms with van der Waals surface area (Å²) in [6, 6.07) is 6.78. The molecule has 1 atom stereocenters. The van der Waals surface area contributed by atoms with Gasteiger partial charge in [0.15, 0.2) is 0 Å². The molecule has 0 saturated heterocycles. The molecular formula is C15H18ClFN2O. The van der Waals surface area contributed by atoms with Gasteiger partial charge in [0.05, 0.1) is 16.8 Å². The molecule has 2 rings (SSSR count). The van der Waals surface area contributed by atoms with Crippen molar-refractivity contribution in [2.45, 2.75) is 39.3 Å². The van der Waals surface area contributed by atoms with E-state index in [1.807, 2.05) is 24.6 Å². The molecule has 1 aromatic carbocycles. The second kappa shape index (κ2) is 6.37. The van der Waals surface area contributed by atoms with Crippen LogP contribution in [0.3, 0.4) is 0 Å². The van der Waals surface area contributed by atoms with Crippen molar-refractivity contribution in [1.29, 1.82) is 0 Å². The second-order valence-corrected chi connectivity index (χ2v) is 5.28. The van der Waals surface area contributed by atoms with E-state index in [0.717, 1.165) is 17.9 Å². The van der Waals surface area contributed by atoms with Crippen molar-refractivity contribution in [3.63, 3.8) is 0 Å². The van der Waals surface area contributed by atoms with Crippen LogP contribution in [0.25, 0.3) is 0 Å². The normalized spacial score (nSPS) is 12.7. The van der Waals surface area contributed by atoms with Gasteiger partial charge >= 0.3 is 0 Å². The lowest BCUT2D eigenvalue weighted by Gasteiger charge is -2.12. The summed E-state index contributed by atoms with van der Waals surface area (Å²) in [6.45, 7) is 4.67. The molecule has 0 aliphatic carbocycles. The lowest BCUT2D eigenvalue weighted by atomic mass is 10.0. The first-order valence-corrected chi connectivity index (χ1v) is 7.03. The fourth-order valence-electron chi connectivity index (χ4n) is 2.31. The minimum absolute atomic E-state index is 0.0872. The van der Waals surface area contributed by atoms with Crippen molar-refractivity contribution >= 4 is 11.6 Å². The number of rotatable bonds is 5. The Morgan fingerprint density at radius 2 is 2.15 bits per heavy atom. The number of hydrogen-bond donors (Lipinski definition) is 1. The molecule has 2 aromatic rings. The Hall–Kier alpha value is -1.39. The molecule has 1 heterocycles. The van der Waals surface area contributed by atoms with Crippen LogP contribution in [0.4, 0.5) is 4.39 Å². The van der Waals surface area contributed by atoms with Gasteiger partial charge in [0, 0.05) is 25.1 Å². The van der Waals surface area contributed by atoms with Crippen molar-refractivity contribution in [2.24, 2.45) is 0 Å². The highest BCUT2D eigenvalue weighted by Crippen LogP contribution is 2.20. The van der Waals surface area contributed by atoms with E-state index in [4.69, 9.17) is 11.6 Å². The van der Waals surface area contributed by atoms with Gasteiger partial charge in [0.2, 0.25) is 0 Å². The van der Waals surface area contributed by atoms with E-state index in [0.29, 0.717) is 12.0 Å². The van der Waals surface area contributed by atoms with Crippen molar-refractivity contribution in [2.75, 3.05) is 0 Å². The number of aryl methyl sites for hydroxylation is 2. The molecule has 108 valence electrons. The van der Waals surface area contributed by atoms with E-state index in [9.17, 15) is 9.50 Å². The van der Waals surface area contributed by atoms with Crippen molar-refractivity contribution in [3.05, 3.63) is 52.1 Å². The summed E-state index contributed by atoms with van der Waals surface area (Å²) in [5.74, 6) is -0.451. The van der Waals surface area contributed by atoms with Gasteiger partial charge in [-0.3, -0.25) is 4.68 Å². The molecular weight excluding hydrogens is 279 g/mol. The molecule has 0 aliphatic heterocycles. The van der Waals surface area contributed by atoms with E-state index in [2.05, 4.69) is 5.10 Å². The van der Waals surface area contributed by atoms with Gasteiger partial charge in [0.25, 0.3) is 0 Å². The maximum Gasteiger partial charge on any atom is 0.145 e. The number of halogens is 2. The molecule has 0 spiro atoms. The number of aliphatic hydroxyl groups is 1. The van der Waals surface area contributed by atoms with Gasteiger partial charge in [-0.15, -0.1) is 0 Å². The minimum atomic E-state index is -0.663. The Kier molecular flexibility index (Phi) is 4.78. The van der Waals surface area contributed by atoms with Crippen LogP contribution in [0, 0.1) is 12.7 Å². The predicted molar refractivity (Wildman–Crippen MR) is 77.5 cm³/mol. The fraction of sp³-hybridized carbons (Fsp3) is 0.400. The highest BCUT2D eigenvalue weighted by Gasteiger charge is 2.14. The van der Waals surface area contributed by atoms with Gasteiger partial charge in [-0.25, -0.2) is 4.39 Å². The Labute approximate surface area is 123 Å². The van der Waals surface area contributed by atoms with E-state index < -0.39 is 11.9 Å². The smallest absolute Gasteiger partial charge is 0.145 e. The number of aromatic nitrogens is 2. The molecule has 1 unspecified atom stereocenters. The van der Waals surface area contributed by atoms with Crippen LogP contribution in [0.2, 0.25) is 5.02 Å². The Morgan fingerprint density at radius 1 is 1.40 bits per heavy atom. The van der Waals surface area contributed by atoms with E-state index in [1.165, 1.54) is 6.07 Å². The maximum atomic E-state index is 13.8. The molecule has 0 bridgehead atoms. The van der Waals surface area contributed by atoms with Crippen LogP contribution in [0.5, 0.6) is 0 Å². The number of nitrogens with zero attached hydrogens (tertiary/aromatic N) is 2. The molecule has 0 saturated carbocycles. The highest BCUT2D eigenvalue weighted by atomic mass is 35.5. The Bertz CT molecular complexity index is 598. The summed E-state index contributed by atoms with van der Waals surface area (Å²) in [5.41, 5.74) is 2.31. The zero-order chi connectivity index (χ0) is 14.7. The Morgan fingerprint density at radius 3 is 2.85 bits per heavy atom. The fourth-order valence-corrected chi connectivity index (χ4v) is 2.50. The SMILES string of the molecule is CCn1nc(C)cc1CC(O)Cc1cccc(Cl)c1F. The number of hydrogen-bond acceptors (Lipinski definition) is 2. The van der Waals surface area contributed by atoms with E-state index in [1.54, 1.807) is 12.1 Å². The third-order valence-corrected chi connectivity index (χ3v) is 3.51. The summed E-state index contributed by atoms with van der Waals surface area (Å²) in [5, 5.41) is 14.6. The van der Waals surface area contributed by atoms with Crippen molar-refractivity contribution in [1.82, 2.24) is 9.78 Å². The molecule has 0 fully saturated rings. The monoisotopic (exact) mass is 296 g/mol. The first kappa shape index (κ1) is 15.0. The molecule has 5 heteroatoms. The van der Waals surface area contributed by atoms with Crippen molar-refractivity contribution < 1.29 is 9.50 Å². The van der Waals surface area contributed by atoms with E-state index >= 15 is 0 Å². The quantitative estimate of drug-likeness (QED) is 0.920. The molecule has 1 aromatic heterocycles. The van der Waals surface area contributed by atoms with Gasteiger partial charge in [-0.1, -0.05) is 23.7 Å². The second-order valence-electron chi connectivity index (χ2n) is 4.87. The first-order chi connectivity index (χ1) is 9.51. The van der Waals surface area contributed by atoms with Crippen molar-refractivity contribution in [3.8, 4) is 0 Å². The zero-order valence-electron chi connectivity index (χ0n) is 11.6. The minimum Gasteiger partial charge on any atom is -0.392 e. The van der Waals surface area contributed by atoms with Crippen LogP contribution < -0.4 is 0 Å². The van der Waals surface area contributed by atoms with Gasteiger partial charge < -0.3 is 5.11 Å². The number of aliphatic hydroxyl groups excluding tert-OH is 1. The third kappa shape index (κ3) is 3.38. The summed E-state index contributed by atoms with van der Waals surface area (Å²) in [7, 11) is 0. The van der Waals surface area contributed by atoms with Gasteiger partial charge in [-0.2, -0.15) is 5.10 Å². The summed E-state index contributed by atoms with van der Waals surface area (Å²) in [6.07, 6.45) is 0.0189. The first-order valence-electron chi connectivity index (χ1n) is 6.65. The van der Waals surface area contributed by atoms with Crippen LogP contribution in [0.15, 0.2) is 24.3 Å².